The van der Waals surface area contributed by atoms with Gasteiger partial charge in [0, 0.05) is 33.7 Å². The molecule has 1 saturated carbocycles. The molecule has 9 heteroatoms. The summed E-state index contributed by atoms with van der Waals surface area (Å²) in [5, 5.41) is 7.25. The minimum atomic E-state index is -3.22. The van der Waals surface area contributed by atoms with Crippen molar-refractivity contribution in [2.75, 3.05) is 32.9 Å². The van der Waals surface area contributed by atoms with Crippen LogP contribution in [0.4, 0.5) is 0 Å². The van der Waals surface area contributed by atoms with Gasteiger partial charge in [0.25, 0.3) is 0 Å². The Morgan fingerprint density at radius 1 is 1.46 bits per heavy atom. The third kappa shape index (κ3) is 7.24. The number of nitrogens with zero attached hydrogens (tertiary/aromatic N) is 2. The maximum atomic E-state index is 12.0. The van der Waals surface area contributed by atoms with E-state index in [1.165, 1.54) is 12.0 Å². The molecule has 1 fully saturated rings. The first kappa shape index (κ1) is 21.7. The van der Waals surface area contributed by atoms with Gasteiger partial charge in [-0.2, -0.15) is 11.3 Å². The number of hydrogen-bond acceptors (Lipinski definition) is 4. The van der Waals surface area contributed by atoms with Gasteiger partial charge >= 0.3 is 0 Å². The predicted molar refractivity (Wildman–Crippen MR) is 112 cm³/mol. The van der Waals surface area contributed by atoms with E-state index in [0.29, 0.717) is 25.0 Å². The third-order valence-electron chi connectivity index (χ3n) is 4.04. The van der Waals surface area contributed by atoms with Gasteiger partial charge in [-0.1, -0.05) is 6.42 Å². The maximum Gasteiger partial charge on any atom is 0.213 e. The van der Waals surface area contributed by atoms with Gasteiger partial charge in [-0.15, -0.1) is 24.0 Å². The molecule has 1 aliphatic carbocycles. The van der Waals surface area contributed by atoms with Crippen LogP contribution in [-0.4, -0.2) is 52.2 Å². The third-order valence-corrected chi connectivity index (χ3v) is 6.12. The lowest BCUT2D eigenvalue weighted by Gasteiger charge is -2.25. The number of thiophene rings is 1. The number of guanidine groups is 1. The first-order valence-electron chi connectivity index (χ1n) is 7.90. The van der Waals surface area contributed by atoms with Crippen LogP contribution in [0.1, 0.15) is 24.8 Å². The molecule has 2 rings (SSSR count). The highest BCUT2D eigenvalue weighted by molar-refractivity contribution is 14.0. The van der Waals surface area contributed by atoms with Crippen molar-refractivity contribution in [3.63, 3.8) is 0 Å². The molecule has 1 aromatic rings. The van der Waals surface area contributed by atoms with E-state index in [2.05, 4.69) is 26.5 Å². The van der Waals surface area contributed by atoms with Crippen molar-refractivity contribution in [1.82, 2.24) is 14.9 Å². The fourth-order valence-electron chi connectivity index (χ4n) is 2.43. The summed E-state index contributed by atoms with van der Waals surface area (Å²) in [4.78, 5) is 6.19. The number of rotatable bonds is 8. The van der Waals surface area contributed by atoms with Gasteiger partial charge in [-0.05, 0) is 41.1 Å². The van der Waals surface area contributed by atoms with Gasteiger partial charge < -0.3 is 10.2 Å². The van der Waals surface area contributed by atoms with Crippen molar-refractivity contribution in [3.05, 3.63) is 22.4 Å². The molecule has 24 heavy (non-hydrogen) atoms. The number of halogens is 1. The summed E-state index contributed by atoms with van der Waals surface area (Å²) in [6.07, 6.45) is 3.50. The van der Waals surface area contributed by atoms with E-state index in [4.69, 9.17) is 0 Å². The smallest absolute Gasteiger partial charge is 0.213 e. The van der Waals surface area contributed by atoms with Crippen LogP contribution >= 0.6 is 35.3 Å². The minimum absolute atomic E-state index is 0. The van der Waals surface area contributed by atoms with Crippen molar-refractivity contribution in [2.24, 2.45) is 10.9 Å². The molecule has 1 aliphatic rings. The van der Waals surface area contributed by atoms with Gasteiger partial charge in [0.1, 0.15) is 0 Å². The second-order valence-electron chi connectivity index (χ2n) is 5.93. The lowest BCUT2D eigenvalue weighted by Crippen LogP contribution is -2.42. The Bertz CT molecular complexity index is 601. The minimum Gasteiger partial charge on any atom is -0.355 e. The average molecular weight is 486 g/mol. The molecule has 0 unspecified atom stereocenters. The summed E-state index contributed by atoms with van der Waals surface area (Å²) in [6, 6.07) is 2.07. The second-order valence-corrected chi connectivity index (χ2v) is 8.63. The van der Waals surface area contributed by atoms with E-state index in [1.54, 1.807) is 18.4 Å². The molecule has 6 nitrogen and oxygen atoms in total. The van der Waals surface area contributed by atoms with E-state index < -0.39 is 10.0 Å². The average Bonchev–Trinajstić information content (AvgIpc) is 2.94. The Morgan fingerprint density at radius 3 is 2.75 bits per heavy atom. The molecular weight excluding hydrogens is 459 g/mol. The molecule has 0 amide bonds. The van der Waals surface area contributed by atoms with E-state index in [9.17, 15) is 8.42 Å². The van der Waals surface area contributed by atoms with Gasteiger partial charge in [0.15, 0.2) is 5.96 Å². The van der Waals surface area contributed by atoms with Crippen LogP contribution in [0.3, 0.4) is 0 Å². The topological polar surface area (TPSA) is 73.8 Å². The summed E-state index contributed by atoms with van der Waals surface area (Å²) in [5.41, 5.74) is 1.22. The molecule has 0 aliphatic heterocycles. The second kappa shape index (κ2) is 10.6. The molecule has 1 heterocycles. The van der Waals surface area contributed by atoms with E-state index >= 15 is 0 Å². The van der Waals surface area contributed by atoms with Crippen LogP contribution in [0, 0.1) is 5.92 Å². The van der Waals surface area contributed by atoms with Crippen LogP contribution in [0.2, 0.25) is 0 Å². The number of aliphatic imine (C=N–C) groups is 1. The first-order chi connectivity index (χ1) is 11.0. The van der Waals surface area contributed by atoms with Crippen molar-refractivity contribution < 1.29 is 8.42 Å². The number of nitrogens with one attached hydrogen (secondary N) is 2. The molecule has 0 bridgehead atoms. The van der Waals surface area contributed by atoms with Crippen LogP contribution in [0.5, 0.6) is 0 Å². The zero-order chi connectivity index (χ0) is 16.7. The molecule has 0 saturated heterocycles. The fourth-order valence-corrected chi connectivity index (χ4v) is 4.09. The standard InChI is InChI=1S/C15H26N4O2S2.HI/c1-16-15(19(2)11-14-6-8-22-12-14)17-7-9-23(20,21)18-10-13-4-3-5-13;/h6,8,12-13,18H,3-5,7,9-11H2,1-2H3,(H,16,17);1H. The largest absolute Gasteiger partial charge is 0.355 e. The van der Waals surface area contributed by atoms with Gasteiger partial charge in [-0.3, -0.25) is 4.99 Å². The fraction of sp³-hybridized carbons (Fsp3) is 0.667. The first-order valence-corrected chi connectivity index (χ1v) is 10.5. The Kier molecular flexibility index (Phi) is 9.53. The molecule has 0 radical (unpaired) electrons. The molecule has 0 aromatic carbocycles. The normalized spacial score (nSPS) is 15.5. The van der Waals surface area contributed by atoms with Gasteiger partial charge in [0.2, 0.25) is 10.0 Å². The highest BCUT2D eigenvalue weighted by Gasteiger charge is 2.20. The Morgan fingerprint density at radius 2 is 2.21 bits per heavy atom. The van der Waals surface area contributed by atoms with Crippen molar-refractivity contribution >= 4 is 51.3 Å². The lowest BCUT2D eigenvalue weighted by molar-refractivity contribution is 0.316. The highest BCUT2D eigenvalue weighted by Crippen LogP contribution is 2.25. The lowest BCUT2D eigenvalue weighted by atomic mass is 9.86. The predicted octanol–water partition coefficient (Wildman–Crippen LogP) is 2.09. The van der Waals surface area contributed by atoms with Crippen LogP contribution in [0.25, 0.3) is 0 Å². The van der Waals surface area contributed by atoms with Crippen molar-refractivity contribution in [2.45, 2.75) is 25.8 Å². The van der Waals surface area contributed by atoms with Gasteiger partial charge in [-0.25, -0.2) is 13.1 Å². The summed E-state index contributed by atoms with van der Waals surface area (Å²) >= 11 is 1.66. The Hall–Kier alpha value is -0.390. The monoisotopic (exact) mass is 486 g/mol. The zero-order valence-corrected chi connectivity index (χ0v) is 18.2. The van der Waals surface area contributed by atoms with Gasteiger partial charge in [0.05, 0.1) is 5.75 Å². The molecule has 1 aromatic heterocycles. The molecule has 0 spiro atoms. The SMILES string of the molecule is CN=C(NCCS(=O)(=O)NCC1CCC1)N(C)Cc1ccsc1.I. The van der Waals surface area contributed by atoms with Crippen LogP contribution in [0.15, 0.2) is 21.8 Å². The van der Waals surface area contributed by atoms with Crippen LogP contribution < -0.4 is 10.0 Å². The molecule has 0 atom stereocenters. The Labute approximate surface area is 166 Å². The quantitative estimate of drug-likeness (QED) is 0.336. The molecular formula is C15H27IN4O2S2. The maximum absolute atomic E-state index is 12.0. The highest BCUT2D eigenvalue weighted by atomic mass is 127. The summed E-state index contributed by atoms with van der Waals surface area (Å²) < 4.78 is 26.6. The molecule has 2 N–H and O–H groups in total. The van der Waals surface area contributed by atoms with Crippen molar-refractivity contribution in [1.29, 1.82) is 0 Å². The Balaban J connectivity index is 0.00000288. The van der Waals surface area contributed by atoms with Crippen molar-refractivity contribution in [3.8, 4) is 0 Å². The summed E-state index contributed by atoms with van der Waals surface area (Å²) in [6.45, 7) is 1.67. The zero-order valence-electron chi connectivity index (χ0n) is 14.2. The summed E-state index contributed by atoms with van der Waals surface area (Å²) in [7, 11) is 0.428. The molecule has 138 valence electrons. The number of sulfonamides is 1. The van der Waals surface area contributed by atoms with E-state index in [0.717, 1.165) is 19.4 Å². The number of hydrogen-bond donors (Lipinski definition) is 2. The van der Waals surface area contributed by atoms with E-state index in [1.807, 2.05) is 17.3 Å². The van der Waals surface area contributed by atoms with Crippen LogP contribution in [-0.2, 0) is 16.6 Å². The summed E-state index contributed by atoms with van der Waals surface area (Å²) in [5.74, 6) is 1.29. The van der Waals surface area contributed by atoms with E-state index in [-0.39, 0.29) is 29.7 Å².